The summed E-state index contributed by atoms with van der Waals surface area (Å²) in [7, 11) is 0. The van der Waals surface area contributed by atoms with Gasteiger partial charge in [-0.1, -0.05) is 123 Å². The van der Waals surface area contributed by atoms with Crippen molar-refractivity contribution in [3.63, 3.8) is 0 Å². The van der Waals surface area contributed by atoms with Gasteiger partial charge in [0.25, 0.3) is 0 Å². The predicted molar refractivity (Wildman–Crippen MR) is 243 cm³/mol. The fourth-order valence-electron chi connectivity index (χ4n) is 9.68. The van der Waals surface area contributed by atoms with Crippen molar-refractivity contribution < 1.29 is 0 Å². The van der Waals surface area contributed by atoms with E-state index in [1.54, 1.807) is 0 Å². The van der Waals surface area contributed by atoms with Crippen molar-refractivity contribution in [3.05, 3.63) is 169 Å². The number of para-hydroxylation sites is 1. The first kappa shape index (κ1) is 32.5. The number of hydrogen-bond acceptors (Lipinski definition) is 3. The molecular weight excluding hydrogens is 737 g/mol. The summed E-state index contributed by atoms with van der Waals surface area (Å²) >= 11 is 5.68. The Morgan fingerprint density at radius 2 is 1.25 bits per heavy atom. The fourth-order valence-corrected chi connectivity index (χ4v) is 13.3. The normalized spacial score (nSPS) is 14.0. The number of rotatable bonds is 4. The molecule has 0 bridgehead atoms. The van der Waals surface area contributed by atoms with Gasteiger partial charge in [0.2, 0.25) is 0 Å². The Hall–Kier alpha value is -5.72. The molecule has 4 heterocycles. The van der Waals surface area contributed by atoms with Crippen LogP contribution in [0, 0.1) is 0 Å². The van der Waals surface area contributed by atoms with Crippen molar-refractivity contribution in [2.45, 2.75) is 38.8 Å². The molecule has 0 N–H and O–H groups in total. The molecule has 10 aromatic rings. The molecule has 7 aromatic carbocycles. The lowest BCUT2D eigenvalue weighted by atomic mass is 9.82. The molecule has 1 aliphatic carbocycles. The highest BCUT2D eigenvalue weighted by atomic mass is 32.2. The third-order valence-corrected chi connectivity index (χ3v) is 15.9. The summed E-state index contributed by atoms with van der Waals surface area (Å²) in [6, 6.07) is 49.7. The highest BCUT2D eigenvalue weighted by Crippen LogP contribution is 2.60. The Labute approximate surface area is 337 Å². The van der Waals surface area contributed by atoms with Gasteiger partial charge in [-0.15, -0.1) is 11.3 Å². The lowest BCUT2D eigenvalue weighted by Gasteiger charge is -2.28. The summed E-state index contributed by atoms with van der Waals surface area (Å²) in [5, 5.41) is 6.27. The van der Waals surface area contributed by atoms with Gasteiger partial charge in [0.15, 0.2) is 0 Å². The van der Waals surface area contributed by atoms with Crippen molar-refractivity contribution in [3.8, 4) is 22.5 Å². The van der Waals surface area contributed by atoms with E-state index < -0.39 is 0 Å². The smallest absolute Gasteiger partial charge is 0.0622 e. The van der Waals surface area contributed by atoms with E-state index in [2.05, 4.69) is 170 Å². The van der Waals surface area contributed by atoms with Crippen LogP contribution in [0.5, 0.6) is 0 Å². The average Bonchev–Trinajstić information content (AvgIpc) is 3.94. The van der Waals surface area contributed by atoms with Crippen LogP contribution in [-0.2, 0) is 5.41 Å². The van der Waals surface area contributed by atoms with E-state index in [1.807, 2.05) is 47.0 Å². The fraction of sp³-hybridized carbons (Fsp3) is 0.0588. The Bertz CT molecular complexity index is 3390. The number of nitrogens with zero attached hydrogens (tertiary/aromatic N) is 2. The maximum absolute atomic E-state index is 4.39. The molecule has 0 spiro atoms. The minimum Gasteiger partial charge on any atom is -0.309 e. The van der Waals surface area contributed by atoms with Crippen LogP contribution in [0.4, 0.5) is 0 Å². The zero-order valence-electron chi connectivity index (χ0n) is 30.9. The van der Waals surface area contributed by atoms with Crippen molar-refractivity contribution in [1.29, 1.82) is 0 Å². The van der Waals surface area contributed by atoms with Crippen LogP contribution in [0.15, 0.2) is 166 Å². The van der Waals surface area contributed by atoms with Crippen LogP contribution >= 0.6 is 34.9 Å². The van der Waals surface area contributed by atoms with Gasteiger partial charge in [-0.05, 0) is 89.5 Å². The number of fused-ring (bicyclic) bond motifs is 14. The minimum absolute atomic E-state index is 0.186. The second-order valence-corrected chi connectivity index (χ2v) is 18.6. The lowest BCUT2D eigenvalue weighted by Crippen LogP contribution is -2.17. The number of thiophene rings is 1. The van der Waals surface area contributed by atoms with Gasteiger partial charge in [0.05, 0.1) is 22.2 Å². The van der Waals surface area contributed by atoms with Gasteiger partial charge in [-0.25, -0.2) is 0 Å². The second-order valence-electron chi connectivity index (χ2n) is 15.4. The highest BCUT2D eigenvalue weighted by molar-refractivity contribution is 8.05. The molecule has 3 aromatic heterocycles. The first-order chi connectivity index (χ1) is 27.4. The standard InChI is InChI=1S/C51H34N2S3/c1-5-31-34-21-23-38-47(35-22-26-46-50(48(35)51(38,3)4)56-45-18-12-11-17-44(45)55-46)49(34)53(39(31)6-2)30-19-24-41-36(27-30)32-13-7-9-15-40(32)52(41)29-20-25-43-37(28-29)33-14-8-10-16-42(33)54-43/h5-28H,1-2H2,3-4H3. The van der Waals surface area contributed by atoms with Gasteiger partial charge in [-0.3, -0.25) is 0 Å². The van der Waals surface area contributed by atoms with Gasteiger partial charge in [0.1, 0.15) is 0 Å². The van der Waals surface area contributed by atoms with E-state index >= 15 is 0 Å². The third-order valence-electron chi connectivity index (χ3n) is 12.1. The minimum atomic E-state index is -0.186. The number of aromatic nitrogens is 2. The van der Waals surface area contributed by atoms with E-state index in [4.69, 9.17) is 0 Å². The summed E-state index contributed by atoms with van der Waals surface area (Å²) in [6.45, 7) is 13.5. The maximum atomic E-state index is 4.39. The quantitative estimate of drug-likeness (QED) is 0.176. The zero-order valence-corrected chi connectivity index (χ0v) is 33.3. The first-order valence-electron chi connectivity index (χ1n) is 19.0. The monoisotopic (exact) mass is 770 g/mol. The van der Waals surface area contributed by atoms with E-state index in [1.165, 1.54) is 100 Å². The Balaban J connectivity index is 1.11. The second kappa shape index (κ2) is 11.7. The number of hydrogen-bond donors (Lipinski definition) is 0. The van der Waals surface area contributed by atoms with E-state index in [0.29, 0.717) is 0 Å². The molecule has 266 valence electrons. The third kappa shape index (κ3) is 4.25. The van der Waals surface area contributed by atoms with Crippen molar-refractivity contribution in [2.24, 2.45) is 0 Å². The summed E-state index contributed by atoms with van der Waals surface area (Å²) in [4.78, 5) is 5.39. The van der Waals surface area contributed by atoms with Crippen LogP contribution in [-0.4, -0.2) is 9.13 Å². The molecule has 0 fully saturated rings. The van der Waals surface area contributed by atoms with Crippen LogP contribution in [0.3, 0.4) is 0 Å². The summed E-state index contributed by atoms with van der Waals surface area (Å²) in [6.07, 6.45) is 4.02. The van der Waals surface area contributed by atoms with Crippen LogP contribution < -0.4 is 0 Å². The first-order valence-corrected chi connectivity index (χ1v) is 21.4. The molecule has 0 saturated carbocycles. The van der Waals surface area contributed by atoms with Gasteiger partial charge >= 0.3 is 0 Å². The van der Waals surface area contributed by atoms with Gasteiger partial charge in [0, 0.05) is 83.8 Å². The van der Waals surface area contributed by atoms with E-state index in [9.17, 15) is 0 Å². The van der Waals surface area contributed by atoms with Crippen molar-refractivity contribution in [2.75, 3.05) is 0 Å². The van der Waals surface area contributed by atoms with Gasteiger partial charge in [-0.2, -0.15) is 0 Å². The molecule has 0 amide bonds. The lowest BCUT2D eigenvalue weighted by molar-refractivity contribution is 0.642. The molecule has 12 rings (SSSR count). The summed E-state index contributed by atoms with van der Waals surface area (Å²) in [5.41, 5.74) is 13.3. The average molecular weight is 771 g/mol. The molecular formula is C51H34N2S3. The predicted octanol–water partition coefficient (Wildman–Crippen LogP) is 15.3. The molecule has 2 aliphatic rings. The van der Waals surface area contributed by atoms with Crippen LogP contribution in [0.2, 0.25) is 0 Å². The number of benzene rings is 7. The molecule has 2 nitrogen and oxygen atoms in total. The largest absolute Gasteiger partial charge is 0.309 e. The zero-order chi connectivity index (χ0) is 37.4. The molecule has 1 aliphatic heterocycles. The molecule has 0 radical (unpaired) electrons. The maximum Gasteiger partial charge on any atom is 0.0622 e. The Kier molecular flexibility index (Phi) is 6.77. The Morgan fingerprint density at radius 1 is 0.554 bits per heavy atom. The molecule has 0 saturated heterocycles. The van der Waals surface area contributed by atoms with Crippen molar-refractivity contribution >= 4 is 99.9 Å². The topological polar surface area (TPSA) is 9.86 Å². The molecule has 56 heavy (non-hydrogen) atoms. The van der Waals surface area contributed by atoms with E-state index in [0.717, 1.165) is 16.9 Å². The summed E-state index contributed by atoms with van der Waals surface area (Å²) < 4.78 is 7.52. The van der Waals surface area contributed by atoms with E-state index in [-0.39, 0.29) is 5.41 Å². The Morgan fingerprint density at radius 3 is 2.09 bits per heavy atom. The molecule has 0 unspecified atom stereocenters. The molecule has 5 heteroatoms. The summed E-state index contributed by atoms with van der Waals surface area (Å²) in [5.74, 6) is 0. The van der Waals surface area contributed by atoms with Crippen LogP contribution in [0.25, 0.3) is 87.5 Å². The SMILES string of the molecule is C=Cc1c(C=C)n(-c2ccc3c(c2)c2ccccc2n3-c2ccc3sc4ccccc4c3c2)c2c3c(ccc12)C(C)(C)c1c-3ccc2c1Sc1ccccc1S2. The highest BCUT2D eigenvalue weighted by Gasteiger charge is 2.41. The van der Waals surface area contributed by atoms with Gasteiger partial charge < -0.3 is 9.13 Å². The molecule has 0 atom stereocenters. The van der Waals surface area contributed by atoms with Crippen LogP contribution in [0.1, 0.15) is 36.2 Å². The van der Waals surface area contributed by atoms with Crippen molar-refractivity contribution in [1.82, 2.24) is 9.13 Å².